The average molecular weight is 207 g/mol. The van der Waals surface area contributed by atoms with Gasteiger partial charge in [0.2, 0.25) is 5.91 Å². The Hall–Kier alpha value is -0.580. The molecule has 3 amide bonds. The van der Waals surface area contributed by atoms with Gasteiger partial charge in [-0.1, -0.05) is 15.9 Å². The molecule has 5 heteroatoms. The summed E-state index contributed by atoms with van der Waals surface area (Å²) in [5.74, 6) is -0.281. The second-order valence-corrected chi connectivity index (χ2v) is 3.14. The van der Waals surface area contributed by atoms with Gasteiger partial charge in [0.15, 0.2) is 0 Å². The molecule has 0 aromatic rings. The van der Waals surface area contributed by atoms with Gasteiger partial charge in [-0.3, -0.25) is 10.1 Å². The molecule has 0 unspecified atom stereocenters. The van der Waals surface area contributed by atoms with Crippen molar-refractivity contribution in [3.63, 3.8) is 0 Å². The Morgan fingerprint density at radius 2 is 2.10 bits per heavy atom. The van der Waals surface area contributed by atoms with Crippen LogP contribution >= 0.6 is 15.9 Å². The van der Waals surface area contributed by atoms with Crippen molar-refractivity contribution in [2.45, 2.75) is 17.8 Å². The van der Waals surface area contributed by atoms with Gasteiger partial charge in [-0.15, -0.1) is 0 Å². The van der Waals surface area contributed by atoms with Crippen LogP contribution in [-0.4, -0.2) is 22.8 Å². The van der Waals surface area contributed by atoms with Crippen molar-refractivity contribution in [1.82, 2.24) is 10.6 Å². The highest BCUT2D eigenvalue weighted by molar-refractivity contribution is 9.10. The molecule has 1 aliphatic heterocycles. The third-order valence-corrected chi connectivity index (χ3v) is 2.49. The SMILES string of the molecule is C[C@@H]1NC(=O)NC(=O)[C@H]1Br. The predicted molar refractivity (Wildman–Crippen MR) is 38.9 cm³/mol. The first-order valence-corrected chi connectivity index (χ1v) is 3.78. The monoisotopic (exact) mass is 206 g/mol. The maximum absolute atomic E-state index is 10.8. The lowest BCUT2D eigenvalue weighted by Crippen LogP contribution is -2.57. The summed E-state index contributed by atoms with van der Waals surface area (Å²) in [6, 6.07) is -0.561. The van der Waals surface area contributed by atoms with Gasteiger partial charge in [-0.2, -0.15) is 0 Å². The topological polar surface area (TPSA) is 58.2 Å². The Bertz CT molecular complexity index is 182. The van der Waals surface area contributed by atoms with Crippen LogP contribution in [0.15, 0.2) is 0 Å². The van der Waals surface area contributed by atoms with E-state index in [9.17, 15) is 9.59 Å². The summed E-state index contributed by atoms with van der Waals surface area (Å²) in [4.78, 5) is 21.0. The minimum atomic E-state index is -0.423. The van der Waals surface area contributed by atoms with Crippen molar-refractivity contribution >= 4 is 27.9 Å². The van der Waals surface area contributed by atoms with Crippen molar-refractivity contribution in [2.75, 3.05) is 0 Å². The number of carbonyl (C=O) groups excluding carboxylic acids is 2. The summed E-state index contributed by atoms with van der Waals surface area (Å²) in [5, 5.41) is 4.67. The number of rotatable bonds is 0. The second kappa shape index (κ2) is 2.57. The van der Waals surface area contributed by atoms with Crippen LogP contribution in [0, 0.1) is 0 Å². The zero-order valence-electron chi connectivity index (χ0n) is 5.35. The van der Waals surface area contributed by atoms with E-state index in [-0.39, 0.29) is 16.8 Å². The highest BCUT2D eigenvalue weighted by atomic mass is 79.9. The van der Waals surface area contributed by atoms with Crippen molar-refractivity contribution in [2.24, 2.45) is 0 Å². The largest absolute Gasteiger partial charge is 0.334 e. The van der Waals surface area contributed by atoms with Crippen LogP contribution in [0.1, 0.15) is 6.92 Å². The van der Waals surface area contributed by atoms with E-state index in [4.69, 9.17) is 0 Å². The highest BCUT2D eigenvalue weighted by Gasteiger charge is 2.29. The fourth-order valence-corrected chi connectivity index (χ4v) is 0.971. The van der Waals surface area contributed by atoms with Crippen LogP contribution in [0.3, 0.4) is 0 Å². The van der Waals surface area contributed by atoms with Crippen LogP contribution in [0.2, 0.25) is 0 Å². The molecule has 10 heavy (non-hydrogen) atoms. The number of urea groups is 1. The fourth-order valence-electron chi connectivity index (χ4n) is 0.724. The van der Waals surface area contributed by atoms with Crippen molar-refractivity contribution in [1.29, 1.82) is 0 Å². The first kappa shape index (κ1) is 7.53. The molecule has 1 saturated heterocycles. The van der Waals surface area contributed by atoms with Crippen LogP contribution in [0.4, 0.5) is 4.79 Å². The summed E-state index contributed by atoms with van der Waals surface area (Å²) < 4.78 is 0. The molecule has 0 radical (unpaired) electrons. The van der Waals surface area contributed by atoms with Gasteiger partial charge in [-0.05, 0) is 6.92 Å². The molecule has 1 rings (SSSR count). The standard InChI is InChI=1S/C5H7BrN2O2/c1-2-3(6)4(9)8-5(10)7-2/h2-3H,1H3,(H2,7,8,9,10)/t2-,3-/m0/s1. The first-order chi connectivity index (χ1) is 4.61. The van der Waals surface area contributed by atoms with Gasteiger partial charge in [0.25, 0.3) is 0 Å². The van der Waals surface area contributed by atoms with Gasteiger partial charge in [0.05, 0.1) is 0 Å². The van der Waals surface area contributed by atoms with Gasteiger partial charge in [-0.25, -0.2) is 4.79 Å². The van der Waals surface area contributed by atoms with Gasteiger partial charge in [0, 0.05) is 6.04 Å². The molecular weight excluding hydrogens is 200 g/mol. The van der Waals surface area contributed by atoms with Crippen molar-refractivity contribution in [3.05, 3.63) is 0 Å². The number of carbonyl (C=O) groups is 2. The molecule has 0 saturated carbocycles. The van der Waals surface area contributed by atoms with Gasteiger partial charge < -0.3 is 5.32 Å². The molecular formula is C5H7BrN2O2. The Labute approximate surface area is 66.5 Å². The Morgan fingerprint density at radius 1 is 1.50 bits per heavy atom. The molecule has 2 atom stereocenters. The molecule has 0 aromatic heterocycles. The summed E-state index contributed by atoms with van der Waals surface area (Å²) in [5.41, 5.74) is 0. The van der Waals surface area contributed by atoms with E-state index in [1.807, 2.05) is 0 Å². The molecule has 1 heterocycles. The van der Waals surface area contributed by atoms with E-state index in [1.165, 1.54) is 0 Å². The zero-order chi connectivity index (χ0) is 7.72. The molecule has 1 aliphatic rings. The van der Waals surface area contributed by atoms with E-state index in [2.05, 4.69) is 26.6 Å². The molecule has 2 N–H and O–H groups in total. The van der Waals surface area contributed by atoms with Crippen LogP contribution in [-0.2, 0) is 4.79 Å². The molecule has 4 nitrogen and oxygen atoms in total. The normalized spacial score (nSPS) is 33.0. The minimum absolute atomic E-state index is 0.138. The lowest BCUT2D eigenvalue weighted by Gasteiger charge is -2.24. The predicted octanol–water partition coefficient (Wildman–Crippen LogP) is -0.0222. The molecule has 56 valence electrons. The average Bonchev–Trinajstić information content (AvgIpc) is 1.82. The lowest BCUT2D eigenvalue weighted by atomic mass is 10.2. The number of alkyl halides is 1. The number of nitrogens with one attached hydrogen (secondary N) is 2. The summed E-state index contributed by atoms with van der Waals surface area (Å²) >= 11 is 3.12. The molecule has 0 aromatic carbocycles. The van der Waals surface area contributed by atoms with Crippen LogP contribution in [0.25, 0.3) is 0 Å². The molecule has 0 aliphatic carbocycles. The number of imide groups is 1. The fraction of sp³-hybridized carbons (Fsp3) is 0.600. The highest BCUT2D eigenvalue weighted by Crippen LogP contribution is 2.08. The van der Waals surface area contributed by atoms with Crippen molar-refractivity contribution < 1.29 is 9.59 Å². The number of hydrogen-bond acceptors (Lipinski definition) is 2. The number of hydrogen-bond donors (Lipinski definition) is 2. The number of amides is 3. The smallest absolute Gasteiger partial charge is 0.321 e. The number of halogens is 1. The Morgan fingerprint density at radius 3 is 2.60 bits per heavy atom. The summed E-state index contributed by atoms with van der Waals surface area (Å²) in [6.07, 6.45) is 0. The molecule has 0 bridgehead atoms. The van der Waals surface area contributed by atoms with E-state index in [0.29, 0.717) is 0 Å². The van der Waals surface area contributed by atoms with Gasteiger partial charge in [0.1, 0.15) is 4.83 Å². The van der Waals surface area contributed by atoms with E-state index in [1.54, 1.807) is 6.92 Å². The third-order valence-electron chi connectivity index (χ3n) is 1.28. The maximum Gasteiger partial charge on any atom is 0.321 e. The van der Waals surface area contributed by atoms with Crippen molar-refractivity contribution in [3.8, 4) is 0 Å². The Kier molecular flexibility index (Phi) is 1.94. The molecule has 0 spiro atoms. The lowest BCUT2D eigenvalue weighted by molar-refractivity contribution is -0.120. The van der Waals surface area contributed by atoms with E-state index in [0.717, 1.165) is 0 Å². The minimum Gasteiger partial charge on any atom is -0.334 e. The van der Waals surface area contributed by atoms with E-state index < -0.39 is 6.03 Å². The Balaban J connectivity index is 2.66. The quantitative estimate of drug-likeness (QED) is 0.548. The summed E-state index contributed by atoms with van der Waals surface area (Å²) in [6.45, 7) is 1.76. The molecule has 1 fully saturated rings. The first-order valence-electron chi connectivity index (χ1n) is 2.86. The second-order valence-electron chi connectivity index (χ2n) is 2.15. The van der Waals surface area contributed by atoms with Crippen LogP contribution < -0.4 is 10.6 Å². The maximum atomic E-state index is 10.8. The third kappa shape index (κ3) is 1.29. The van der Waals surface area contributed by atoms with Gasteiger partial charge >= 0.3 is 6.03 Å². The van der Waals surface area contributed by atoms with Crippen LogP contribution in [0.5, 0.6) is 0 Å². The van der Waals surface area contributed by atoms with E-state index >= 15 is 0 Å². The summed E-state index contributed by atoms with van der Waals surface area (Å²) in [7, 11) is 0. The zero-order valence-corrected chi connectivity index (χ0v) is 6.94.